The molecule has 2 aromatic rings. The van der Waals surface area contributed by atoms with E-state index in [1.807, 2.05) is 19.9 Å². The number of carbonyl (C=O) groups is 1. The predicted molar refractivity (Wildman–Crippen MR) is 104 cm³/mol. The van der Waals surface area contributed by atoms with Gasteiger partial charge in [-0.15, -0.1) is 0 Å². The number of para-hydroxylation sites is 3. The summed E-state index contributed by atoms with van der Waals surface area (Å²) < 4.78 is 40.6. The topological polar surface area (TPSA) is 56.8 Å². The largest absolute Gasteiger partial charge is 0.493 e. The van der Waals surface area contributed by atoms with E-state index in [1.54, 1.807) is 30.3 Å². The van der Waals surface area contributed by atoms with E-state index in [4.69, 9.17) is 9.47 Å². The molecule has 2 rings (SSSR count). The number of alkyl halides is 2. The summed E-state index contributed by atoms with van der Waals surface area (Å²) in [6.45, 7) is 1.55. The number of benzene rings is 2. The van der Waals surface area contributed by atoms with Gasteiger partial charge in [-0.1, -0.05) is 38.1 Å². The van der Waals surface area contributed by atoms with Crippen molar-refractivity contribution in [2.45, 2.75) is 20.5 Å². The minimum absolute atomic E-state index is 0.135. The Morgan fingerprint density at radius 2 is 1.82 bits per heavy atom. The fourth-order valence-corrected chi connectivity index (χ4v) is 2.33. The Balaban J connectivity index is 2.15. The third kappa shape index (κ3) is 6.26. The predicted octanol–water partition coefficient (Wildman–Crippen LogP) is 4.98. The first-order valence-corrected chi connectivity index (χ1v) is 8.73. The number of halogens is 2. The first-order chi connectivity index (χ1) is 13.4. The van der Waals surface area contributed by atoms with Gasteiger partial charge in [0.05, 0.1) is 19.4 Å². The van der Waals surface area contributed by atoms with Crippen molar-refractivity contribution in [3.8, 4) is 17.2 Å². The normalized spacial score (nSPS) is 11.1. The summed E-state index contributed by atoms with van der Waals surface area (Å²) in [5, 5.41) is 2.72. The molecule has 0 aliphatic carbocycles. The molecule has 0 aromatic heterocycles. The van der Waals surface area contributed by atoms with E-state index < -0.39 is 12.5 Å². The van der Waals surface area contributed by atoms with Crippen LogP contribution in [0.4, 0.5) is 14.5 Å². The van der Waals surface area contributed by atoms with Gasteiger partial charge in [0.15, 0.2) is 11.5 Å². The van der Waals surface area contributed by atoms with Crippen molar-refractivity contribution in [2.75, 3.05) is 19.0 Å². The SMILES string of the molecule is COc1cccc(C=CC(=O)Nc2ccccc2OCC(C)C)c1OC(F)F. The van der Waals surface area contributed by atoms with Gasteiger partial charge in [-0.3, -0.25) is 4.79 Å². The third-order valence-electron chi connectivity index (χ3n) is 3.57. The molecule has 0 saturated carbocycles. The highest BCUT2D eigenvalue weighted by Gasteiger charge is 2.14. The molecule has 0 saturated heterocycles. The summed E-state index contributed by atoms with van der Waals surface area (Å²) in [5.41, 5.74) is 0.812. The van der Waals surface area contributed by atoms with Gasteiger partial charge in [-0.2, -0.15) is 8.78 Å². The summed E-state index contributed by atoms with van der Waals surface area (Å²) in [4.78, 5) is 12.3. The highest BCUT2D eigenvalue weighted by Crippen LogP contribution is 2.33. The number of hydrogen-bond acceptors (Lipinski definition) is 4. The molecule has 0 heterocycles. The summed E-state index contributed by atoms with van der Waals surface area (Å²) in [6.07, 6.45) is 2.61. The number of methoxy groups -OCH3 is 1. The van der Waals surface area contributed by atoms with Crippen LogP contribution in [0.2, 0.25) is 0 Å². The van der Waals surface area contributed by atoms with E-state index in [0.29, 0.717) is 29.5 Å². The van der Waals surface area contributed by atoms with Gasteiger partial charge in [-0.05, 0) is 30.2 Å². The molecule has 7 heteroatoms. The molecular weight excluding hydrogens is 368 g/mol. The lowest BCUT2D eigenvalue weighted by Crippen LogP contribution is -2.11. The van der Waals surface area contributed by atoms with Crippen LogP contribution in [-0.4, -0.2) is 26.2 Å². The molecule has 0 aliphatic rings. The van der Waals surface area contributed by atoms with Crippen molar-refractivity contribution in [2.24, 2.45) is 5.92 Å². The standard InChI is InChI=1S/C21H23F2NO4/c1-14(2)13-27-17-9-5-4-8-16(17)24-19(25)12-11-15-7-6-10-18(26-3)20(15)28-21(22)23/h4-12,14,21H,13H2,1-3H3,(H,24,25). The summed E-state index contributed by atoms with van der Waals surface area (Å²) >= 11 is 0. The maximum Gasteiger partial charge on any atom is 0.387 e. The smallest absolute Gasteiger partial charge is 0.387 e. The molecule has 0 spiro atoms. The highest BCUT2D eigenvalue weighted by molar-refractivity contribution is 6.03. The Labute approximate surface area is 162 Å². The van der Waals surface area contributed by atoms with Gasteiger partial charge in [0, 0.05) is 11.6 Å². The molecule has 0 unspecified atom stereocenters. The van der Waals surface area contributed by atoms with E-state index in [9.17, 15) is 13.6 Å². The van der Waals surface area contributed by atoms with Gasteiger partial charge in [0.2, 0.25) is 5.91 Å². The van der Waals surface area contributed by atoms with Crippen LogP contribution in [0.1, 0.15) is 19.4 Å². The molecule has 1 amide bonds. The molecular formula is C21H23F2NO4. The Morgan fingerprint density at radius 1 is 1.11 bits per heavy atom. The van der Waals surface area contributed by atoms with Crippen molar-refractivity contribution < 1.29 is 27.8 Å². The molecule has 28 heavy (non-hydrogen) atoms. The van der Waals surface area contributed by atoms with Crippen molar-refractivity contribution >= 4 is 17.7 Å². The minimum atomic E-state index is -3.01. The molecule has 0 bridgehead atoms. The highest BCUT2D eigenvalue weighted by atomic mass is 19.3. The van der Waals surface area contributed by atoms with Crippen LogP contribution in [0.15, 0.2) is 48.5 Å². The van der Waals surface area contributed by atoms with Gasteiger partial charge < -0.3 is 19.5 Å². The maximum absolute atomic E-state index is 12.7. The van der Waals surface area contributed by atoms with E-state index in [0.717, 1.165) is 0 Å². The number of nitrogens with one attached hydrogen (secondary N) is 1. The molecule has 0 fully saturated rings. The maximum atomic E-state index is 12.7. The molecule has 0 atom stereocenters. The number of carbonyl (C=O) groups excluding carboxylic acids is 1. The van der Waals surface area contributed by atoms with Crippen molar-refractivity contribution in [1.29, 1.82) is 0 Å². The van der Waals surface area contributed by atoms with Gasteiger partial charge in [-0.25, -0.2) is 0 Å². The summed E-state index contributed by atoms with van der Waals surface area (Å²) in [5.74, 6) is 0.470. The van der Waals surface area contributed by atoms with Crippen molar-refractivity contribution in [1.82, 2.24) is 0 Å². The lowest BCUT2D eigenvalue weighted by molar-refractivity contribution is -0.111. The molecule has 150 valence electrons. The van der Waals surface area contributed by atoms with Gasteiger partial charge >= 0.3 is 6.61 Å². The second-order valence-electron chi connectivity index (χ2n) is 6.28. The van der Waals surface area contributed by atoms with Crippen LogP contribution < -0.4 is 19.5 Å². The number of anilines is 1. The second-order valence-corrected chi connectivity index (χ2v) is 6.28. The Hall–Kier alpha value is -3.09. The Bertz CT molecular complexity index is 822. The number of hydrogen-bond donors (Lipinski definition) is 1. The van der Waals surface area contributed by atoms with Gasteiger partial charge in [0.25, 0.3) is 0 Å². The average molecular weight is 391 g/mol. The van der Waals surface area contributed by atoms with Crippen molar-refractivity contribution in [3.63, 3.8) is 0 Å². The Morgan fingerprint density at radius 3 is 2.50 bits per heavy atom. The van der Waals surface area contributed by atoms with Crippen LogP contribution in [0, 0.1) is 5.92 Å². The second kappa shape index (κ2) is 10.3. The molecule has 1 N–H and O–H groups in total. The average Bonchev–Trinajstić information content (AvgIpc) is 2.66. The lowest BCUT2D eigenvalue weighted by Gasteiger charge is -2.13. The first-order valence-electron chi connectivity index (χ1n) is 8.73. The molecule has 2 aromatic carbocycles. The van der Waals surface area contributed by atoms with E-state index >= 15 is 0 Å². The van der Waals surface area contributed by atoms with Gasteiger partial charge in [0.1, 0.15) is 5.75 Å². The Kier molecular flexibility index (Phi) is 7.80. The van der Waals surface area contributed by atoms with Crippen LogP contribution in [-0.2, 0) is 4.79 Å². The van der Waals surface area contributed by atoms with E-state index in [-0.39, 0.29) is 11.5 Å². The monoisotopic (exact) mass is 391 g/mol. The number of ether oxygens (including phenoxy) is 3. The third-order valence-corrected chi connectivity index (χ3v) is 3.57. The molecule has 0 radical (unpaired) electrons. The quantitative estimate of drug-likeness (QED) is 0.613. The van der Waals surface area contributed by atoms with Crippen LogP contribution in [0.5, 0.6) is 17.2 Å². The summed E-state index contributed by atoms with van der Waals surface area (Å²) in [6, 6.07) is 11.7. The zero-order valence-electron chi connectivity index (χ0n) is 15.9. The van der Waals surface area contributed by atoms with Crippen LogP contribution in [0.25, 0.3) is 6.08 Å². The number of amides is 1. The fourth-order valence-electron chi connectivity index (χ4n) is 2.33. The van der Waals surface area contributed by atoms with Crippen LogP contribution in [0.3, 0.4) is 0 Å². The summed E-state index contributed by atoms with van der Waals surface area (Å²) in [7, 11) is 1.35. The lowest BCUT2D eigenvalue weighted by atomic mass is 10.1. The first kappa shape index (κ1) is 21.2. The van der Waals surface area contributed by atoms with E-state index in [1.165, 1.54) is 25.3 Å². The van der Waals surface area contributed by atoms with Crippen LogP contribution >= 0.6 is 0 Å². The zero-order valence-corrected chi connectivity index (χ0v) is 15.9. The zero-order chi connectivity index (χ0) is 20.5. The van der Waals surface area contributed by atoms with Crippen molar-refractivity contribution in [3.05, 3.63) is 54.1 Å². The van der Waals surface area contributed by atoms with E-state index in [2.05, 4.69) is 10.1 Å². The molecule has 0 aliphatic heterocycles. The molecule has 5 nitrogen and oxygen atoms in total. The fraction of sp³-hybridized carbons (Fsp3) is 0.286. The number of rotatable bonds is 9. The minimum Gasteiger partial charge on any atom is -0.493 e.